The predicted molar refractivity (Wildman–Crippen MR) is 92.9 cm³/mol. The SMILES string of the molecule is NC(=O)c1ccc2n(-c3ccccc3)c(-c3ccccc3)c[n+]2c1. The molecule has 0 unspecified atom stereocenters. The molecule has 0 atom stereocenters. The van der Waals surface area contributed by atoms with Crippen molar-refractivity contribution in [2.45, 2.75) is 0 Å². The molecule has 2 aromatic carbocycles. The molecular formula is C20H16N3O+. The van der Waals surface area contributed by atoms with E-state index in [1.807, 2.05) is 53.1 Å². The quantitative estimate of drug-likeness (QED) is 0.581. The van der Waals surface area contributed by atoms with E-state index >= 15 is 0 Å². The highest BCUT2D eigenvalue weighted by Gasteiger charge is 2.21. The minimum atomic E-state index is -0.432. The third-order valence-electron chi connectivity index (χ3n) is 4.05. The third-order valence-corrected chi connectivity index (χ3v) is 4.05. The van der Waals surface area contributed by atoms with E-state index < -0.39 is 5.91 Å². The van der Waals surface area contributed by atoms with Crippen molar-refractivity contribution in [2.24, 2.45) is 5.73 Å². The van der Waals surface area contributed by atoms with Crippen LogP contribution in [-0.4, -0.2) is 10.5 Å². The summed E-state index contributed by atoms with van der Waals surface area (Å²) >= 11 is 0. The highest BCUT2D eigenvalue weighted by Crippen LogP contribution is 2.24. The summed E-state index contributed by atoms with van der Waals surface area (Å²) in [6, 6.07) is 24.0. The van der Waals surface area contributed by atoms with Crippen molar-refractivity contribution in [3.8, 4) is 16.9 Å². The maximum Gasteiger partial charge on any atom is 0.291 e. The van der Waals surface area contributed by atoms with Crippen LogP contribution in [0.3, 0.4) is 0 Å². The third kappa shape index (κ3) is 2.34. The number of fused-ring (bicyclic) bond motifs is 1. The van der Waals surface area contributed by atoms with Crippen LogP contribution in [0, 0.1) is 0 Å². The number of rotatable bonds is 3. The van der Waals surface area contributed by atoms with Gasteiger partial charge in [0.05, 0.1) is 5.56 Å². The zero-order chi connectivity index (χ0) is 16.5. The average Bonchev–Trinajstić information content (AvgIpc) is 3.01. The fourth-order valence-electron chi connectivity index (χ4n) is 2.92. The molecule has 0 saturated heterocycles. The minimum Gasteiger partial charge on any atom is -0.365 e. The van der Waals surface area contributed by atoms with Crippen molar-refractivity contribution in [3.63, 3.8) is 0 Å². The molecule has 4 aromatic rings. The van der Waals surface area contributed by atoms with Gasteiger partial charge in [-0.1, -0.05) is 48.5 Å². The lowest BCUT2D eigenvalue weighted by atomic mass is 10.1. The smallest absolute Gasteiger partial charge is 0.291 e. The predicted octanol–water partition coefficient (Wildman–Crippen LogP) is 2.98. The Morgan fingerprint density at radius 1 is 0.833 bits per heavy atom. The van der Waals surface area contributed by atoms with E-state index in [0.29, 0.717) is 5.56 Å². The Labute approximate surface area is 139 Å². The van der Waals surface area contributed by atoms with Crippen LogP contribution in [0.5, 0.6) is 0 Å². The molecule has 2 N–H and O–H groups in total. The largest absolute Gasteiger partial charge is 0.365 e. The van der Waals surface area contributed by atoms with Crippen LogP contribution in [0.25, 0.3) is 22.6 Å². The molecule has 0 spiro atoms. The molecule has 0 aliphatic rings. The number of carbonyl (C=O) groups is 1. The first kappa shape index (κ1) is 14.2. The van der Waals surface area contributed by atoms with Gasteiger partial charge >= 0.3 is 0 Å². The van der Waals surface area contributed by atoms with Crippen LogP contribution in [0.15, 0.2) is 85.2 Å². The Kier molecular flexibility index (Phi) is 3.35. The topological polar surface area (TPSA) is 52.1 Å². The number of pyridine rings is 1. The Bertz CT molecular complexity index is 1020. The van der Waals surface area contributed by atoms with Crippen LogP contribution in [0.4, 0.5) is 0 Å². The fraction of sp³-hybridized carbons (Fsp3) is 0. The first-order valence-electron chi connectivity index (χ1n) is 7.71. The molecule has 0 bridgehead atoms. The number of hydrogen-bond acceptors (Lipinski definition) is 1. The van der Waals surface area contributed by atoms with Crippen LogP contribution >= 0.6 is 0 Å². The molecule has 116 valence electrons. The Morgan fingerprint density at radius 3 is 2.17 bits per heavy atom. The number of nitrogens with zero attached hydrogens (tertiary/aromatic N) is 2. The molecule has 0 aliphatic heterocycles. The van der Waals surface area contributed by atoms with Gasteiger partial charge in [0.25, 0.3) is 11.6 Å². The molecule has 24 heavy (non-hydrogen) atoms. The van der Waals surface area contributed by atoms with Gasteiger partial charge in [0.2, 0.25) is 0 Å². The van der Waals surface area contributed by atoms with E-state index in [2.05, 4.69) is 28.8 Å². The summed E-state index contributed by atoms with van der Waals surface area (Å²) in [5, 5.41) is 0. The molecule has 4 rings (SSSR count). The number of carbonyl (C=O) groups excluding carboxylic acids is 1. The molecule has 0 aliphatic carbocycles. The van der Waals surface area contributed by atoms with E-state index in [0.717, 1.165) is 22.6 Å². The Balaban J connectivity index is 2.04. The first-order chi connectivity index (χ1) is 11.7. The maximum absolute atomic E-state index is 11.5. The van der Waals surface area contributed by atoms with Gasteiger partial charge in [-0.25, -0.2) is 4.40 Å². The Morgan fingerprint density at radius 2 is 1.50 bits per heavy atom. The van der Waals surface area contributed by atoms with Gasteiger partial charge in [-0.3, -0.25) is 4.79 Å². The summed E-state index contributed by atoms with van der Waals surface area (Å²) in [7, 11) is 0. The van der Waals surface area contributed by atoms with Gasteiger partial charge in [-0.05, 0) is 18.2 Å². The number of benzene rings is 2. The van der Waals surface area contributed by atoms with Crippen LogP contribution < -0.4 is 10.1 Å². The first-order valence-corrected chi connectivity index (χ1v) is 7.71. The second-order valence-corrected chi connectivity index (χ2v) is 5.60. The second kappa shape index (κ2) is 5.66. The molecule has 1 amide bonds. The summed E-state index contributed by atoms with van der Waals surface area (Å²) in [5.74, 6) is -0.432. The number of nitrogens with two attached hydrogens (primary N) is 1. The van der Waals surface area contributed by atoms with Crippen molar-refractivity contribution in [1.29, 1.82) is 0 Å². The zero-order valence-electron chi connectivity index (χ0n) is 13.0. The van der Waals surface area contributed by atoms with E-state index in [1.165, 1.54) is 0 Å². The summed E-state index contributed by atoms with van der Waals surface area (Å²) in [5.41, 5.74) is 10.1. The molecule has 2 heterocycles. The molecule has 0 saturated carbocycles. The molecule has 0 radical (unpaired) electrons. The number of para-hydroxylation sites is 1. The van der Waals surface area contributed by atoms with Crippen molar-refractivity contribution in [1.82, 2.24) is 4.57 Å². The van der Waals surface area contributed by atoms with Crippen molar-refractivity contribution >= 4 is 11.6 Å². The lowest BCUT2D eigenvalue weighted by molar-refractivity contribution is -0.510. The van der Waals surface area contributed by atoms with Gasteiger partial charge in [-0.15, -0.1) is 0 Å². The number of hydrogen-bond donors (Lipinski definition) is 1. The minimum absolute atomic E-state index is 0.432. The van der Waals surface area contributed by atoms with Gasteiger partial charge < -0.3 is 5.73 Å². The normalized spacial score (nSPS) is 10.8. The summed E-state index contributed by atoms with van der Waals surface area (Å²) in [6.45, 7) is 0. The average molecular weight is 314 g/mol. The van der Waals surface area contributed by atoms with Crippen molar-refractivity contribution in [2.75, 3.05) is 0 Å². The fourth-order valence-corrected chi connectivity index (χ4v) is 2.92. The summed E-state index contributed by atoms with van der Waals surface area (Å²) in [4.78, 5) is 11.5. The van der Waals surface area contributed by atoms with Gasteiger partial charge in [0, 0.05) is 11.6 Å². The number of primary amides is 1. The second-order valence-electron chi connectivity index (χ2n) is 5.60. The highest BCUT2D eigenvalue weighted by atomic mass is 16.1. The molecule has 2 aromatic heterocycles. The zero-order valence-corrected chi connectivity index (χ0v) is 13.0. The molecule has 0 fully saturated rings. The molecular weight excluding hydrogens is 298 g/mol. The van der Waals surface area contributed by atoms with Gasteiger partial charge in [-0.2, -0.15) is 4.57 Å². The number of aromatic nitrogens is 2. The maximum atomic E-state index is 11.5. The van der Waals surface area contributed by atoms with Gasteiger partial charge in [0.1, 0.15) is 18.1 Å². The lowest BCUT2D eigenvalue weighted by Gasteiger charge is -2.02. The van der Waals surface area contributed by atoms with E-state index in [1.54, 1.807) is 12.3 Å². The van der Waals surface area contributed by atoms with Crippen LogP contribution in [0.1, 0.15) is 10.4 Å². The summed E-state index contributed by atoms with van der Waals surface area (Å²) < 4.78 is 4.11. The number of imidazole rings is 1. The number of amides is 1. The van der Waals surface area contributed by atoms with E-state index in [4.69, 9.17) is 5.73 Å². The van der Waals surface area contributed by atoms with E-state index in [9.17, 15) is 4.79 Å². The van der Waals surface area contributed by atoms with Gasteiger partial charge in [0.15, 0.2) is 5.69 Å². The monoisotopic (exact) mass is 314 g/mol. The van der Waals surface area contributed by atoms with E-state index in [-0.39, 0.29) is 0 Å². The molecule has 4 heteroatoms. The molecule has 4 nitrogen and oxygen atoms in total. The summed E-state index contributed by atoms with van der Waals surface area (Å²) in [6.07, 6.45) is 3.79. The standard InChI is InChI=1S/C20H15N3O/c21-20(24)16-11-12-19-22(13-16)14-18(15-7-3-1-4-8-15)23(19)17-9-5-2-6-10-17/h1-14H,(H-,21,24)/p+1. The van der Waals surface area contributed by atoms with Crippen molar-refractivity contribution < 1.29 is 9.20 Å². The van der Waals surface area contributed by atoms with Crippen LogP contribution in [0.2, 0.25) is 0 Å². The van der Waals surface area contributed by atoms with Crippen molar-refractivity contribution in [3.05, 3.63) is 90.8 Å². The van der Waals surface area contributed by atoms with Crippen LogP contribution in [-0.2, 0) is 0 Å². The Hall–Kier alpha value is -3.40. The lowest BCUT2D eigenvalue weighted by Crippen LogP contribution is -2.23. The highest BCUT2D eigenvalue weighted by molar-refractivity contribution is 5.92.